The highest BCUT2D eigenvalue weighted by molar-refractivity contribution is 5.71. The van der Waals surface area contributed by atoms with Crippen LogP contribution in [-0.4, -0.2) is 25.8 Å². The number of hydrogen-bond acceptors (Lipinski definition) is 4. The van der Waals surface area contributed by atoms with Gasteiger partial charge in [-0.2, -0.15) is 0 Å². The Hall–Kier alpha value is -1.95. The van der Waals surface area contributed by atoms with Gasteiger partial charge in [-0.3, -0.25) is 18.7 Å². The lowest BCUT2D eigenvalue weighted by molar-refractivity contribution is 0.225. The zero-order chi connectivity index (χ0) is 13.3. The summed E-state index contributed by atoms with van der Waals surface area (Å²) in [6.07, 6.45) is 1.21. The Morgan fingerprint density at radius 1 is 1.33 bits per heavy atom. The van der Waals surface area contributed by atoms with Crippen molar-refractivity contribution >= 4 is 11.2 Å². The average molecular weight is 249 g/mol. The molecule has 1 N–H and O–H groups in total. The van der Waals surface area contributed by atoms with Crippen LogP contribution in [0.15, 0.2) is 27.9 Å². The number of rotatable bonds is 1. The Bertz CT molecular complexity index is 682. The summed E-state index contributed by atoms with van der Waals surface area (Å²) in [5.74, 6) is 0. The molecule has 1 aliphatic heterocycles. The lowest BCUT2D eigenvalue weighted by Crippen LogP contribution is -2.24. The van der Waals surface area contributed by atoms with Crippen LogP contribution < -0.4 is 11.1 Å². The Balaban J connectivity index is 0.000000574. The van der Waals surface area contributed by atoms with Crippen molar-refractivity contribution in [2.45, 2.75) is 26.4 Å². The van der Waals surface area contributed by atoms with E-state index in [0.717, 1.165) is 0 Å². The van der Waals surface area contributed by atoms with Crippen LogP contribution in [0.5, 0.6) is 0 Å². The molecule has 0 bridgehead atoms. The fraction of sp³-hybridized carbons (Fsp3) is 0.417. The molecule has 6 nitrogen and oxygen atoms in total. The van der Waals surface area contributed by atoms with Gasteiger partial charge in [-0.05, 0) is 6.07 Å². The summed E-state index contributed by atoms with van der Waals surface area (Å²) < 4.78 is 2.91. The van der Waals surface area contributed by atoms with Crippen LogP contribution >= 0.6 is 0 Å². The van der Waals surface area contributed by atoms with E-state index in [1.165, 1.54) is 21.4 Å². The largest absolute Gasteiger partial charge is 0.394 e. The number of aliphatic hydroxyl groups is 1. The molecule has 2 aromatic rings. The highest BCUT2D eigenvalue weighted by atomic mass is 16.3. The van der Waals surface area contributed by atoms with Crippen LogP contribution in [0.1, 0.15) is 19.9 Å². The first kappa shape index (κ1) is 12.5. The van der Waals surface area contributed by atoms with Crippen molar-refractivity contribution in [2.24, 2.45) is 0 Å². The summed E-state index contributed by atoms with van der Waals surface area (Å²) in [5.41, 5.74) is 0.627. The van der Waals surface area contributed by atoms with Crippen molar-refractivity contribution < 1.29 is 5.11 Å². The quantitative estimate of drug-likeness (QED) is 0.779. The van der Waals surface area contributed by atoms with Gasteiger partial charge in [-0.25, -0.2) is 4.98 Å². The summed E-state index contributed by atoms with van der Waals surface area (Å²) in [7, 11) is 0. The zero-order valence-electron chi connectivity index (χ0n) is 10.3. The van der Waals surface area contributed by atoms with Gasteiger partial charge in [-0.1, -0.05) is 13.8 Å². The second-order valence-corrected chi connectivity index (χ2v) is 3.79. The van der Waals surface area contributed by atoms with Gasteiger partial charge in [0.05, 0.1) is 25.4 Å². The highest BCUT2D eigenvalue weighted by Crippen LogP contribution is 2.20. The molecule has 0 aliphatic carbocycles. The number of pyridine rings is 1. The maximum Gasteiger partial charge on any atom is 0.271 e. The molecule has 3 rings (SSSR count). The van der Waals surface area contributed by atoms with Gasteiger partial charge in [0.2, 0.25) is 0 Å². The molecule has 0 amide bonds. The van der Waals surface area contributed by atoms with Crippen LogP contribution in [0.3, 0.4) is 0 Å². The minimum Gasteiger partial charge on any atom is -0.394 e. The summed E-state index contributed by atoms with van der Waals surface area (Å²) in [6.45, 7) is 4.16. The van der Waals surface area contributed by atoms with E-state index < -0.39 is 0 Å². The minimum absolute atomic E-state index is 0.167. The van der Waals surface area contributed by atoms with Gasteiger partial charge in [-0.15, -0.1) is 0 Å². The first-order chi connectivity index (χ1) is 8.72. The lowest BCUT2D eigenvalue weighted by Gasteiger charge is -2.08. The zero-order valence-corrected chi connectivity index (χ0v) is 10.3. The first-order valence-electron chi connectivity index (χ1n) is 5.94. The predicted molar refractivity (Wildman–Crippen MR) is 67.7 cm³/mol. The predicted octanol–water partition coefficient (Wildman–Crippen LogP) is 0.131. The molecular weight excluding hydrogens is 234 g/mol. The third kappa shape index (κ3) is 1.65. The second kappa shape index (κ2) is 4.73. The molecule has 1 atom stereocenters. The van der Waals surface area contributed by atoms with Crippen LogP contribution in [0.25, 0.3) is 11.2 Å². The molecule has 18 heavy (non-hydrogen) atoms. The molecule has 1 aliphatic rings. The monoisotopic (exact) mass is 249 g/mol. The SMILES string of the molecule is CC.O=c1ccc2ncc(=O)n3c2n1CC3CO. The molecular formula is C12H15N3O3. The van der Waals surface area contributed by atoms with E-state index in [9.17, 15) is 14.7 Å². The highest BCUT2D eigenvalue weighted by Gasteiger charge is 2.25. The van der Waals surface area contributed by atoms with E-state index in [-0.39, 0.29) is 23.8 Å². The summed E-state index contributed by atoms with van der Waals surface area (Å²) in [6, 6.07) is 2.64. The Labute approximate surface area is 103 Å². The maximum atomic E-state index is 11.7. The summed E-state index contributed by atoms with van der Waals surface area (Å²) in [5, 5.41) is 9.21. The van der Waals surface area contributed by atoms with Gasteiger partial charge < -0.3 is 5.11 Å². The Morgan fingerprint density at radius 3 is 2.72 bits per heavy atom. The molecule has 0 fully saturated rings. The molecule has 96 valence electrons. The number of nitrogens with zero attached hydrogens (tertiary/aromatic N) is 3. The molecule has 0 spiro atoms. The van der Waals surface area contributed by atoms with Crippen LogP contribution in [0.4, 0.5) is 0 Å². The lowest BCUT2D eigenvalue weighted by atomic mass is 10.3. The molecule has 6 heteroatoms. The van der Waals surface area contributed by atoms with Crippen molar-refractivity contribution in [3.63, 3.8) is 0 Å². The average Bonchev–Trinajstić information content (AvgIpc) is 2.81. The summed E-state index contributed by atoms with van der Waals surface area (Å²) in [4.78, 5) is 27.2. The van der Waals surface area contributed by atoms with Crippen LogP contribution in [0.2, 0.25) is 0 Å². The van der Waals surface area contributed by atoms with Crippen molar-refractivity contribution in [2.75, 3.05) is 6.61 Å². The third-order valence-corrected chi connectivity index (χ3v) is 2.88. The molecule has 2 aromatic heterocycles. The minimum atomic E-state index is -0.368. The van der Waals surface area contributed by atoms with Gasteiger partial charge >= 0.3 is 0 Å². The van der Waals surface area contributed by atoms with Gasteiger partial charge in [0.15, 0.2) is 0 Å². The van der Waals surface area contributed by atoms with Crippen LogP contribution in [-0.2, 0) is 6.54 Å². The van der Waals surface area contributed by atoms with E-state index in [1.54, 1.807) is 6.07 Å². The van der Waals surface area contributed by atoms with Crippen molar-refractivity contribution in [3.05, 3.63) is 39.0 Å². The van der Waals surface area contributed by atoms with E-state index >= 15 is 0 Å². The molecule has 0 aromatic carbocycles. The smallest absolute Gasteiger partial charge is 0.271 e. The topological polar surface area (TPSA) is 77.1 Å². The van der Waals surface area contributed by atoms with Gasteiger partial charge in [0, 0.05) is 6.07 Å². The first-order valence-corrected chi connectivity index (χ1v) is 5.94. The van der Waals surface area contributed by atoms with Gasteiger partial charge in [0.25, 0.3) is 11.1 Å². The van der Waals surface area contributed by atoms with E-state index in [2.05, 4.69) is 4.98 Å². The Kier molecular flexibility index (Phi) is 3.29. The molecule has 0 saturated carbocycles. The van der Waals surface area contributed by atoms with E-state index in [1.807, 2.05) is 13.8 Å². The molecule has 0 radical (unpaired) electrons. The fourth-order valence-corrected chi connectivity index (χ4v) is 2.16. The Morgan fingerprint density at radius 2 is 2.06 bits per heavy atom. The number of aliphatic hydroxyl groups excluding tert-OH is 1. The van der Waals surface area contributed by atoms with E-state index in [0.29, 0.717) is 17.7 Å². The maximum absolute atomic E-state index is 11.7. The summed E-state index contributed by atoms with van der Waals surface area (Å²) >= 11 is 0. The fourth-order valence-electron chi connectivity index (χ4n) is 2.16. The van der Waals surface area contributed by atoms with Gasteiger partial charge in [0.1, 0.15) is 11.2 Å². The number of hydrogen-bond donors (Lipinski definition) is 1. The van der Waals surface area contributed by atoms with Crippen molar-refractivity contribution in [1.82, 2.24) is 14.1 Å². The normalized spacial score (nSPS) is 16.5. The third-order valence-electron chi connectivity index (χ3n) is 2.88. The number of aromatic nitrogens is 3. The molecule has 0 saturated heterocycles. The van der Waals surface area contributed by atoms with Crippen molar-refractivity contribution in [1.29, 1.82) is 0 Å². The van der Waals surface area contributed by atoms with Crippen LogP contribution in [0, 0.1) is 0 Å². The van der Waals surface area contributed by atoms with E-state index in [4.69, 9.17) is 0 Å². The molecule has 1 unspecified atom stereocenters. The standard InChI is InChI=1S/C10H9N3O3.C2H6/c14-5-6-4-12-8(15)2-1-7-10(12)13(6)9(16)3-11-7;1-2/h1-3,6,14H,4-5H2;1-2H3. The van der Waals surface area contributed by atoms with Crippen molar-refractivity contribution in [3.8, 4) is 0 Å². The second-order valence-electron chi connectivity index (χ2n) is 3.79. The molecule has 3 heterocycles.